The fourth-order valence-electron chi connectivity index (χ4n) is 6.03. The molecule has 5 rings (SSSR count). The lowest BCUT2D eigenvalue weighted by molar-refractivity contribution is -0.120. The highest BCUT2D eigenvalue weighted by atomic mass is 19.1. The van der Waals surface area contributed by atoms with Crippen LogP contribution in [0, 0.1) is 11.2 Å². The number of aliphatic hydroxyl groups is 1. The van der Waals surface area contributed by atoms with Gasteiger partial charge in [-0.05, 0) is 79.0 Å². The third-order valence-electron chi connectivity index (χ3n) is 8.05. The first kappa shape index (κ1) is 28.4. The second kappa shape index (κ2) is 11.4. The largest absolute Gasteiger partial charge is 0.487 e. The molecule has 7 heteroatoms. The fraction of sp³-hybridized carbons (Fsp3) is 0.485. The molecular formula is C33H41FN2O4. The number of carbonyl (C=O) groups excluding carboxylic acids is 1. The molecule has 0 radical (unpaired) electrons. The van der Waals surface area contributed by atoms with E-state index in [2.05, 4.69) is 49.6 Å². The van der Waals surface area contributed by atoms with E-state index in [0.29, 0.717) is 24.3 Å². The number of halogens is 1. The summed E-state index contributed by atoms with van der Waals surface area (Å²) in [6, 6.07) is 14.2. The van der Waals surface area contributed by atoms with E-state index in [4.69, 9.17) is 9.15 Å². The number of nitrogens with one attached hydrogen (secondary N) is 2. The van der Waals surface area contributed by atoms with E-state index in [1.165, 1.54) is 24.8 Å². The van der Waals surface area contributed by atoms with Crippen LogP contribution < -0.4 is 15.4 Å². The van der Waals surface area contributed by atoms with Gasteiger partial charge < -0.3 is 24.9 Å². The molecule has 40 heavy (non-hydrogen) atoms. The number of amides is 1. The van der Waals surface area contributed by atoms with Crippen LogP contribution in [0.25, 0.3) is 11.3 Å². The standard InChI is InChI=1S/C33H41FN2O4/c1-21(37)36-27(17-22-8-10-26(34)24(15-22)30-7-5-14-39-30)29(38)20-35-28-19-33(12-6-13-33)40-31-11-9-23(16-25(28)31)18-32(2,3)4/h5,7-11,14-16,27-29,35,38H,6,12-13,17-20H2,1-4H3,(H,36,37)/t27-,28-,29+/m0/s1. The molecule has 0 bridgehead atoms. The van der Waals surface area contributed by atoms with E-state index in [9.17, 15) is 14.3 Å². The number of benzene rings is 2. The second-order valence-electron chi connectivity index (χ2n) is 12.8. The number of hydrogen-bond acceptors (Lipinski definition) is 5. The number of ether oxygens (including phenoxy) is 1. The zero-order chi connectivity index (χ0) is 28.5. The molecule has 3 N–H and O–H groups in total. The Morgan fingerprint density at radius 2 is 1.93 bits per heavy atom. The van der Waals surface area contributed by atoms with Crippen LogP contribution in [0.3, 0.4) is 0 Å². The lowest BCUT2D eigenvalue weighted by atomic mass is 9.72. The summed E-state index contributed by atoms with van der Waals surface area (Å²) in [4.78, 5) is 12.1. The Kier molecular flexibility index (Phi) is 8.07. The summed E-state index contributed by atoms with van der Waals surface area (Å²) in [5.41, 5.74) is 3.57. The Labute approximate surface area is 236 Å². The normalized spacial score (nSPS) is 19.3. The maximum absolute atomic E-state index is 14.5. The van der Waals surface area contributed by atoms with Gasteiger partial charge >= 0.3 is 0 Å². The topological polar surface area (TPSA) is 83.7 Å². The average Bonchev–Trinajstić information content (AvgIpc) is 3.40. The first-order chi connectivity index (χ1) is 19.0. The van der Waals surface area contributed by atoms with E-state index in [1.807, 2.05) is 0 Å². The molecule has 3 aromatic rings. The van der Waals surface area contributed by atoms with Gasteiger partial charge in [-0.25, -0.2) is 4.39 Å². The van der Waals surface area contributed by atoms with Gasteiger partial charge in [-0.1, -0.05) is 39.0 Å². The van der Waals surface area contributed by atoms with Gasteiger partial charge in [0.15, 0.2) is 0 Å². The van der Waals surface area contributed by atoms with Gasteiger partial charge in [0.05, 0.1) is 24.0 Å². The first-order valence-electron chi connectivity index (χ1n) is 14.3. The lowest BCUT2D eigenvalue weighted by Gasteiger charge is -2.48. The van der Waals surface area contributed by atoms with Crippen LogP contribution in [0.4, 0.5) is 4.39 Å². The molecule has 6 nitrogen and oxygen atoms in total. The molecule has 1 saturated carbocycles. The van der Waals surface area contributed by atoms with E-state index in [0.717, 1.165) is 49.0 Å². The Balaban J connectivity index is 1.33. The van der Waals surface area contributed by atoms with Crippen LogP contribution in [0.5, 0.6) is 5.75 Å². The van der Waals surface area contributed by atoms with Crippen molar-refractivity contribution in [1.29, 1.82) is 0 Å². The van der Waals surface area contributed by atoms with Crippen LogP contribution in [0.15, 0.2) is 59.2 Å². The van der Waals surface area contributed by atoms with Crippen molar-refractivity contribution in [3.63, 3.8) is 0 Å². The molecule has 1 aromatic heterocycles. The Hall–Kier alpha value is -3.16. The molecule has 1 amide bonds. The van der Waals surface area contributed by atoms with Gasteiger partial charge in [0.25, 0.3) is 0 Å². The van der Waals surface area contributed by atoms with Gasteiger partial charge in [-0.2, -0.15) is 0 Å². The summed E-state index contributed by atoms with van der Waals surface area (Å²) >= 11 is 0. The summed E-state index contributed by atoms with van der Waals surface area (Å²) < 4.78 is 26.4. The van der Waals surface area contributed by atoms with Gasteiger partial charge in [-0.3, -0.25) is 4.79 Å². The third-order valence-corrected chi connectivity index (χ3v) is 8.05. The van der Waals surface area contributed by atoms with E-state index < -0.39 is 12.1 Å². The summed E-state index contributed by atoms with van der Waals surface area (Å²) in [5, 5.41) is 17.8. The van der Waals surface area contributed by atoms with Crippen molar-refractivity contribution in [1.82, 2.24) is 10.6 Å². The average molecular weight is 549 g/mol. The highest BCUT2D eigenvalue weighted by molar-refractivity contribution is 5.73. The number of carbonyl (C=O) groups is 1. The molecule has 1 aliphatic heterocycles. The van der Waals surface area contributed by atoms with Crippen LogP contribution in [0.1, 0.15) is 76.1 Å². The summed E-state index contributed by atoms with van der Waals surface area (Å²) in [6.45, 7) is 8.44. The number of hydrogen-bond donors (Lipinski definition) is 3. The van der Waals surface area contributed by atoms with Gasteiger partial charge in [0, 0.05) is 31.5 Å². The monoisotopic (exact) mass is 548 g/mol. The minimum Gasteiger partial charge on any atom is -0.487 e. The van der Waals surface area contributed by atoms with Crippen molar-refractivity contribution < 1.29 is 23.4 Å². The predicted octanol–water partition coefficient (Wildman–Crippen LogP) is 6.12. The third kappa shape index (κ3) is 6.58. The zero-order valence-electron chi connectivity index (χ0n) is 23.9. The number of aliphatic hydroxyl groups excluding tert-OH is 1. The van der Waals surface area contributed by atoms with Gasteiger partial charge in [0.1, 0.15) is 22.9 Å². The quantitative estimate of drug-likeness (QED) is 0.300. The van der Waals surface area contributed by atoms with Crippen molar-refractivity contribution >= 4 is 5.91 Å². The molecule has 0 unspecified atom stereocenters. The lowest BCUT2D eigenvalue weighted by Crippen LogP contribution is -2.52. The minimum absolute atomic E-state index is 0.0352. The van der Waals surface area contributed by atoms with Gasteiger partial charge in [-0.15, -0.1) is 0 Å². The minimum atomic E-state index is -0.859. The van der Waals surface area contributed by atoms with Crippen molar-refractivity contribution in [3.8, 4) is 17.1 Å². The number of furan rings is 1. The molecule has 0 saturated heterocycles. The smallest absolute Gasteiger partial charge is 0.217 e. The van der Waals surface area contributed by atoms with E-state index in [-0.39, 0.29) is 28.8 Å². The van der Waals surface area contributed by atoms with Crippen molar-refractivity contribution in [2.45, 2.75) is 90.0 Å². The van der Waals surface area contributed by atoms with Crippen LogP contribution in [0.2, 0.25) is 0 Å². The summed E-state index contributed by atoms with van der Waals surface area (Å²) in [7, 11) is 0. The molecule has 1 fully saturated rings. The van der Waals surface area contributed by atoms with Crippen LogP contribution >= 0.6 is 0 Å². The van der Waals surface area contributed by atoms with Crippen molar-refractivity contribution in [3.05, 3.63) is 77.3 Å². The van der Waals surface area contributed by atoms with E-state index >= 15 is 0 Å². The summed E-state index contributed by atoms with van der Waals surface area (Å²) in [5.74, 6) is 0.748. The first-order valence-corrected chi connectivity index (χ1v) is 14.3. The predicted molar refractivity (Wildman–Crippen MR) is 154 cm³/mol. The molecule has 2 aromatic carbocycles. The maximum atomic E-state index is 14.5. The highest BCUT2D eigenvalue weighted by Gasteiger charge is 2.45. The molecular weight excluding hydrogens is 507 g/mol. The maximum Gasteiger partial charge on any atom is 0.217 e. The SMILES string of the molecule is CC(=O)N[C@@H](Cc1ccc(F)c(-c2ccco2)c1)[C@H](O)CN[C@H]1CC2(CCC2)Oc2ccc(CC(C)(C)C)cc21. The van der Waals surface area contributed by atoms with Gasteiger partial charge in [0.2, 0.25) is 5.91 Å². The molecule has 1 aliphatic carbocycles. The van der Waals surface area contributed by atoms with Crippen molar-refractivity contribution in [2.24, 2.45) is 5.41 Å². The Bertz CT molecular complexity index is 1330. The Morgan fingerprint density at radius 1 is 1.15 bits per heavy atom. The highest BCUT2D eigenvalue weighted by Crippen LogP contribution is 2.49. The Morgan fingerprint density at radius 3 is 2.58 bits per heavy atom. The van der Waals surface area contributed by atoms with E-state index in [1.54, 1.807) is 24.3 Å². The fourth-order valence-corrected chi connectivity index (χ4v) is 6.03. The molecule has 3 atom stereocenters. The number of fused-ring (bicyclic) bond motifs is 1. The molecule has 1 spiro atoms. The molecule has 2 aliphatic rings. The summed E-state index contributed by atoms with van der Waals surface area (Å²) in [6.07, 6.45) is 6.04. The van der Waals surface area contributed by atoms with Crippen LogP contribution in [-0.4, -0.2) is 35.3 Å². The van der Waals surface area contributed by atoms with Crippen molar-refractivity contribution in [2.75, 3.05) is 6.54 Å². The molecule has 2 heterocycles. The molecule has 214 valence electrons. The second-order valence-corrected chi connectivity index (χ2v) is 12.8. The van der Waals surface area contributed by atoms with Crippen LogP contribution in [-0.2, 0) is 17.6 Å². The zero-order valence-corrected chi connectivity index (χ0v) is 23.9. The number of rotatable bonds is 9.